The monoisotopic (exact) mass is 325 g/mol. The number of oxime groups is 1. The van der Waals surface area contributed by atoms with Crippen molar-refractivity contribution in [1.29, 1.82) is 0 Å². The number of benzene rings is 1. The molecule has 0 radical (unpaired) electrons. The summed E-state index contributed by atoms with van der Waals surface area (Å²) < 4.78 is 0.933. The molecule has 1 unspecified atom stereocenters. The van der Waals surface area contributed by atoms with Crippen LogP contribution in [0.2, 0.25) is 0 Å². The molecule has 5 heteroatoms. The summed E-state index contributed by atoms with van der Waals surface area (Å²) in [6.07, 6.45) is 4.81. The highest BCUT2D eigenvalue weighted by Gasteiger charge is 2.24. The Morgan fingerprint density at radius 2 is 2.32 bits per heavy atom. The highest BCUT2D eigenvalue weighted by Crippen LogP contribution is 2.31. The summed E-state index contributed by atoms with van der Waals surface area (Å²) in [7, 11) is 0. The topological polar surface area (TPSA) is 61.8 Å². The van der Waals surface area contributed by atoms with E-state index in [4.69, 9.17) is 10.9 Å². The van der Waals surface area contributed by atoms with E-state index in [0.717, 1.165) is 28.7 Å². The minimum absolute atomic E-state index is 0.164. The van der Waals surface area contributed by atoms with Crippen LogP contribution < -0.4 is 10.6 Å². The molecule has 1 aliphatic rings. The van der Waals surface area contributed by atoms with Crippen molar-refractivity contribution in [2.75, 3.05) is 11.4 Å². The maximum absolute atomic E-state index is 8.95. The Morgan fingerprint density at radius 3 is 3.00 bits per heavy atom. The molecule has 0 aromatic heterocycles. The zero-order valence-electron chi connectivity index (χ0n) is 11.1. The summed E-state index contributed by atoms with van der Waals surface area (Å²) in [5.74, 6) is 0.164. The predicted octanol–water partition coefficient (Wildman–Crippen LogP) is 3.31. The number of anilines is 1. The smallest absolute Gasteiger partial charge is 0.172 e. The standard InChI is InChI=1S/C14H20BrN3O/c1-2-11-5-3-4-8-18(11)13-7-6-10(15)9-12(13)14(16)17-19/h6-7,9,11,19H,2-5,8H2,1H3,(H2,16,17). The fourth-order valence-corrected chi connectivity index (χ4v) is 3.12. The molecule has 4 nitrogen and oxygen atoms in total. The van der Waals surface area contributed by atoms with Crippen molar-refractivity contribution in [1.82, 2.24) is 0 Å². The molecular formula is C14H20BrN3O. The van der Waals surface area contributed by atoms with E-state index in [1.165, 1.54) is 19.3 Å². The second kappa shape index (κ2) is 6.28. The van der Waals surface area contributed by atoms with Gasteiger partial charge in [-0.25, -0.2) is 0 Å². The van der Waals surface area contributed by atoms with Gasteiger partial charge in [-0.1, -0.05) is 28.0 Å². The van der Waals surface area contributed by atoms with Crippen LogP contribution >= 0.6 is 15.9 Å². The first-order valence-electron chi connectivity index (χ1n) is 6.71. The Kier molecular flexibility index (Phi) is 4.69. The Morgan fingerprint density at radius 1 is 1.53 bits per heavy atom. The summed E-state index contributed by atoms with van der Waals surface area (Å²) in [6.45, 7) is 3.25. The van der Waals surface area contributed by atoms with Crippen LogP contribution in [-0.2, 0) is 0 Å². The Bertz CT molecular complexity index is 476. The lowest BCUT2D eigenvalue weighted by atomic mass is 9.98. The number of hydrogen-bond acceptors (Lipinski definition) is 3. The number of amidine groups is 1. The van der Waals surface area contributed by atoms with Crippen LogP contribution in [0.1, 0.15) is 38.2 Å². The molecule has 3 N–H and O–H groups in total. The molecule has 0 aliphatic carbocycles. The molecule has 1 atom stereocenters. The zero-order chi connectivity index (χ0) is 13.8. The number of halogens is 1. The third kappa shape index (κ3) is 3.03. The van der Waals surface area contributed by atoms with E-state index in [-0.39, 0.29) is 5.84 Å². The van der Waals surface area contributed by atoms with E-state index in [2.05, 4.69) is 32.9 Å². The Balaban J connectivity index is 2.42. The van der Waals surface area contributed by atoms with E-state index in [1.54, 1.807) is 0 Å². The number of rotatable bonds is 3. The quantitative estimate of drug-likeness (QED) is 0.388. The molecule has 104 valence electrons. The second-order valence-electron chi connectivity index (χ2n) is 4.90. The minimum Gasteiger partial charge on any atom is -0.409 e. The van der Waals surface area contributed by atoms with Gasteiger partial charge in [0.15, 0.2) is 5.84 Å². The largest absolute Gasteiger partial charge is 0.409 e. The summed E-state index contributed by atoms with van der Waals surface area (Å²) in [4.78, 5) is 2.39. The summed E-state index contributed by atoms with van der Waals surface area (Å²) in [5.41, 5.74) is 7.66. The van der Waals surface area contributed by atoms with Crippen molar-refractivity contribution in [2.45, 2.75) is 38.6 Å². The van der Waals surface area contributed by atoms with Crippen molar-refractivity contribution in [3.63, 3.8) is 0 Å². The van der Waals surface area contributed by atoms with Crippen molar-refractivity contribution >= 4 is 27.5 Å². The van der Waals surface area contributed by atoms with Crippen molar-refractivity contribution in [2.24, 2.45) is 10.9 Å². The third-order valence-electron chi connectivity index (χ3n) is 3.75. The molecule has 1 heterocycles. The second-order valence-corrected chi connectivity index (χ2v) is 5.81. The van der Waals surface area contributed by atoms with E-state index in [0.29, 0.717) is 6.04 Å². The van der Waals surface area contributed by atoms with Gasteiger partial charge < -0.3 is 15.8 Å². The third-order valence-corrected chi connectivity index (χ3v) is 4.24. The molecule has 1 aromatic rings. The summed E-state index contributed by atoms with van der Waals surface area (Å²) in [5, 5.41) is 12.1. The number of hydrogen-bond donors (Lipinski definition) is 2. The molecule has 1 fully saturated rings. The Hall–Kier alpha value is -1.23. The van der Waals surface area contributed by atoms with Crippen molar-refractivity contribution in [3.8, 4) is 0 Å². The molecule has 1 saturated heterocycles. The van der Waals surface area contributed by atoms with Gasteiger partial charge in [0, 0.05) is 28.3 Å². The molecule has 19 heavy (non-hydrogen) atoms. The fraction of sp³-hybridized carbons (Fsp3) is 0.500. The first kappa shape index (κ1) is 14.2. The molecule has 0 amide bonds. The molecule has 0 bridgehead atoms. The van der Waals surface area contributed by atoms with E-state index >= 15 is 0 Å². The summed E-state index contributed by atoms with van der Waals surface area (Å²) in [6, 6.07) is 6.50. The van der Waals surface area contributed by atoms with Crippen LogP contribution in [0, 0.1) is 0 Å². The van der Waals surface area contributed by atoms with Crippen LogP contribution in [0.5, 0.6) is 0 Å². The van der Waals surface area contributed by atoms with Gasteiger partial charge in [-0.05, 0) is 43.9 Å². The molecule has 0 saturated carbocycles. The highest BCUT2D eigenvalue weighted by molar-refractivity contribution is 9.10. The van der Waals surface area contributed by atoms with Gasteiger partial charge in [-0.3, -0.25) is 0 Å². The molecule has 1 aliphatic heterocycles. The number of nitrogens with two attached hydrogens (primary N) is 1. The Labute approximate surface area is 122 Å². The first-order chi connectivity index (χ1) is 9.17. The maximum Gasteiger partial charge on any atom is 0.172 e. The van der Waals surface area contributed by atoms with Crippen LogP contribution in [-0.4, -0.2) is 23.6 Å². The van der Waals surface area contributed by atoms with Crippen LogP contribution in [0.3, 0.4) is 0 Å². The lowest BCUT2D eigenvalue weighted by molar-refractivity contribution is 0.318. The van der Waals surface area contributed by atoms with Gasteiger partial charge in [0.1, 0.15) is 0 Å². The highest BCUT2D eigenvalue weighted by atomic mass is 79.9. The van der Waals surface area contributed by atoms with Crippen LogP contribution in [0.15, 0.2) is 27.8 Å². The SMILES string of the molecule is CCC1CCCCN1c1ccc(Br)cc1/C(N)=N/O. The average Bonchev–Trinajstić information content (AvgIpc) is 2.46. The summed E-state index contributed by atoms with van der Waals surface area (Å²) >= 11 is 3.44. The number of nitrogens with zero attached hydrogens (tertiary/aromatic N) is 2. The van der Waals surface area contributed by atoms with Gasteiger partial charge in [0.25, 0.3) is 0 Å². The lowest BCUT2D eigenvalue weighted by Gasteiger charge is -2.38. The molecule has 0 spiro atoms. The van der Waals surface area contributed by atoms with Crippen LogP contribution in [0.4, 0.5) is 5.69 Å². The van der Waals surface area contributed by atoms with Crippen molar-refractivity contribution in [3.05, 3.63) is 28.2 Å². The van der Waals surface area contributed by atoms with Gasteiger partial charge in [-0.15, -0.1) is 0 Å². The normalized spacial score (nSPS) is 20.6. The van der Waals surface area contributed by atoms with Gasteiger partial charge in [0.05, 0.1) is 0 Å². The average molecular weight is 326 g/mol. The van der Waals surface area contributed by atoms with E-state index in [1.807, 2.05) is 18.2 Å². The number of piperidine rings is 1. The van der Waals surface area contributed by atoms with E-state index in [9.17, 15) is 0 Å². The lowest BCUT2D eigenvalue weighted by Crippen LogP contribution is -2.40. The van der Waals surface area contributed by atoms with E-state index < -0.39 is 0 Å². The molecule has 1 aromatic carbocycles. The zero-order valence-corrected chi connectivity index (χ0v) is 12.7. The van der Waals surface area contributed by atoms with Gasteiger partial charge in [-0.2, -0.15) is 0 Å². The van der Waals surface area contributed by atoms with Crippen LogP contribution in [0.25, 0.3) is 0 Å². The maximum atomic E-state index is 8.95. The fourth-order valence-electron chi connectivity index (χ4n) is 2.76. The molecule has 2 rings (SSSR count). The minimum atomic E-state index is 0.164. The molecular weight excluding hydrogens is 306 g/mol. The van der Waals surface area contributed by atoms with Gasteiger partial charge >= 0.3 is 0 Å². The predicted molar refractivity (Wildman–Crippen MR) is 81.9 cm³/mol. The van der Waals surface area contributed by atoms with Crippen molar-refractivity contribution < 1.29 is 5.21 Å². The first-order valence-corrected chi connectivity index (χ1v) is 7.50. The van der Waals surface area contributed by atoms with Gasteiger partial charge in [0.2, 0.25) is 0 Å².